The van der Waals surface area contributed by atoms with E-state index in [-0.39, 0.29) is 15.5 Å². The molecule has 0 aliphatic rings. The fourth-order valence-corrected chi connectivity index (χ4v) is 3.91. The molecule has 1 aromatic heterocycles. The van der Waals surface area contributed by atoms with Gasteiger partial charge in [0.25, 0.3) is 15.9 Å². The first-order valence-electron chi connectivity index (χ1n) is 7.63. The first-order valence-corrected chi connectivity index (χ1v) is 9.99. The number of nitrogens with one attached hydrogen (secondary N) is 3. The molecule has 2 aromatic rings. The van der Waals surface area contributed by atoms with Crippen LogP contribution in [0.4, 0.5) is 10.5 Å². The summed E-state index contributed by atoms with van der Waals surface area (Å²) >= 11 is 1.08. The number of sulfonamides is 1. The molecule has 1 atom stereocenters. The maximum absolute atomic E-state index is 12.1. The molecule has 2 rings (SSSR count). The van der Waals surface area contributed by atoms with E-state index in [4.69, 9.17) is 4.74 Å². The predicted octanol–water partition coefficient (Wildman–Crippen LogP) is 1.55. The Morgan fingerprint density at radius 1 is 1.11 bits per heavy atom. The smallest absolute Gasteiger partial charge is 0.338 e. The van der Waals surface area contributed by atoms with Crippen molar-refractivity contribution < 1.29 is 27.5 Å². The van der Waals surface area contributed by atoms with Crippen LogP contribution in [0.5, 0.6) is 0 Å². The van der Waals surface area contributed by atoms with Gasteiger partial charge < -0.3 is 10.1 Å². The van der Waals surface area contributed by atoms with Crippen molar-refractivity contribution in [2.24, 2.45) is 0 Å². The van der Waals surface area contributed by atoms with E-state index >= 15 is 0 Å². The summed E-state index contributed by atoms with van der Waals surface area (Å²) in [4.78, 5) is 34.8. The molecule has 3 N–H and O–H groups in total. The fourth-order valence-electron chi connectivity index (χ4n) is 1.85. The Labute approximate surface area is 159 Å². The van der Waals surface area contributed by atoms with E-state index in [1.807, 2.05) is 5.32 Å². The third-order valence-corrected chi connectivity index (χ3v) is 6.03. The molecule has 0 saturated carbocycles. The largest absolute Gasteiger partial charge is 0.449 e. The molecule has 0 aliphatic carbocycles. The number of carbonyl (C=O) groups excluding carboxylic acids is 3. The zero-order valence-electron chi connectivity index (χ0n) is 14.4. The van der Waals surface area contributed by atoms with E-state index in [1.54, 1.807) is 11.4 Å². The number of hydrogen-bond donors (Lipinski definition) is 3. The summed E-state index contributed by atoms with van der Waals surface area (Å²) < 4.78 is 31.8. The minimum Gasteiger partial charge on any atom is -0.449 e. The number of benzene rings is 1. The highest BCUT2D eigenvalue weighted by molar-refractivity contribution is 7.94. The number of urea groups is 1. The van der Waals surface area contributed by atoms with Gasteiger partial charge >= 0.3 is 12.0 Å². The number of amides is 3. The monoisotopic (exact) mass is 411 g/mol. The molecule has 144 valence electrons. The van der Waals surface area contributed by atoms with Gasteiger partial charge in [-0.3, -0.25) is 14.8 Å². The van der Waals surface area contributed by atoms with Crippen molar-refractivity contribution in [3.05, 3.63) is 47.3 Å². The van der Waals surface area contributed by atoms with E-state index in [0.717, 1.165) is 11.3 Å². The maximum atomic E-state index is 12.1. The van der Waals surface area contributed by atoms with Crippen molar-refractivity contribution in [3.8, 4) is 0 Å². The van der Waals surface area contributed by atoms with E-state index in [2.05, 4.69) is 10.0 Å². The van der Waals surface area contributed by atoms with Crippen LogP contribution in [0.1, 0.15) is 17.3 Å². The van der Waals surface area contributed by atoms with Crippen LogP contribution in [0.25, 0.3) is 0 Å². The molecular weight excluding hydrogens is 394 g/mol. The highest BCUT2D eigenvalue weighted by Gasteiger charge is 2.21. The normalized spacial score (nSPS) is 11.9. The predicted molar refractivity (Wildman–Crippen MR) is 99.0 cm³/mol. The number of esters is 1. The SMILES string of the molecule is CNC(=O)NC(=O)C(C)OC(=O)c1ccc(NS(=O)(=O)c2cccs2)cc1. The minimum absolute atomic E-state index is 0.119. The Bertz CT molecular complexity index is 924. The van der Waals surface area contributed by atoms with Crippen LogP contribution in [-0.4, -0.2) is 39.5 Å². The summed E-state index contributed by atoms with van der Waals surface area (Å²) in [6.07, 6.45) is -1.19. The maximum Gasteiger partial charge on any atom is 0.338 e. The van der Waals surface area contributed by atoms with Gasteiger partial charge in [0.05, 0.1) is 5.56 Å². The Morgan fingerprint density at radius 3 is 2.33 bits per heavy atom. The quantitative estimate of drug-likeness (QED) is 0.618. The van der Waals surface area contributed by atoms with Gasteiger partial charge in [0, 0.05) is 12.7 Å². The molecule has 0 fully saturated rings. The molecule has 11 heteroatoms. The van der Waals surface area contributed by atoms with Crippen molar-refractivity contribution in [2.75, 3.05) is 11.8 Å². The van der Waals surface area contributed by atoms with Gasteiger partial charge in [-0.15, -0.1) is 11.3 Å². The molecule has 0 bridgehead atoms. The molecule has 0 saturated heterocycles. The van der Waals surface area contributed by atoms with Gasteiger partial charge in [-0.25, -0.2) is 18.0 Å². The lowest BCUT2D eigenvalue weighted by molar-refractivity contribution is -0.127. The topological polar surface area (TPSA) is 131 Å². The standard InChI is InChI=1S/C16H17N3O6S2/c1-10(14(20)18-16(22)17-2)25-15(21)11-5-7-12(8-6-11)19-27(23,24)13-4-3-9-26-13/h3-10,19H,1-2H3,(H2,17,18,20,22). The first-order chi connectivity index (χ1) is 12.7. The molecular formula is C16H17N3O6S2. The second kappa shape index (κ2) is 8.64. The van der Waals surface area contributed by atoms with Crippen LogP contribution in [-0.2, 0) is 19.6 Å². The van der Waals surface area contributed by atoms with Crippen molar-refractivity contribution in [1.29, 1.82) is 0 Å². The lowest BCUT2D eigenvalue weighted by Crippen LogP contribution is -2.43. The second-order valence-electron chi connectivity index (χ2n) is 5.23. The van der Waals surface area contributed by atoms with E-state index < -0.39 is 34.0 Å². The van der Waals surface area contributed by atoms with Crippen LogP contribution < -0.4 is 15.4 Å². The van der Waals surface area contributed by atoms with Gasteiger partial charge in [0.1, 0.15) is 4.21 Å². The number of rotatable bonds is 6. The third-order valence-electron chi connectivity index (χ3n) is 3.25. The number of thiophene rings is 1. The van der Waals surface area contributed by atoms with E-state index in [0.29, 0.717) is 0 Å². The minimum atomic E-state index is -3.69. The van der Waals surface area contributed by atoms with E-state index in [9.17, 15) is 22.8 Å². The average Bonchev–Trinajstić information content (AvgIpc) is 3.17. The second-order valence-corrected chi connectivity index (χ2v) is 8.09. The number of anilines is 1. The highest BCUT2D eigenvalue weighted by Crippen LogP contribution is 2.20. The van der Waals surface area contributed by atoms with Crippen LogP contribution in [0.2, 0.25) is 0 Å². The summed E-state index contributed by atoms with van der Waals surface area (Å²) in [6, 6.07) is 7.90. The number of ether oxygens (including phenoxy) is 1. The molecule has 0 radical (unpaired) electrons. The Kier molecular flexibility index (Phi) is 6.53. The zero-order valence-corrected chi connectivity index (χ0v) is 16.0. The number of carbonyl (C=O) groups is 3. The van der Waals surface area contributed by atoms with Crippen LogP contribution in [0, 0.1) is 0 Å². The van der Waals surface area contributed by atoms with Crippen LogP contribution in [0.3, 0.4) is 0 Å². The Balaban J connectivity index is 1.99. The molecule has 0 aliphatic heterocycles. The summed E-state index contributed by atoms with van der Waals surface area (Å²) in [5.41, 5.74) is 0.388. The summed E-state index contributed by atoms with van der Waals surface area (Å²) in [6.45, 7) is 1.32. The van der Waals surface area contributed by atoms with Gasteiger partial charge in [-0.2, -0.15) is 0 Å². The van der Waals surface area contributed by atoms with Gasteiger partial charge in [-0.1, -0.05) is 6.07 Å². The molecule has 1 aromatic carbocycles. The van der Waals surface area contributed by atoms with Crippen molar-refractivity contribution in [2.45, 2.75) is 17.2 Å². The molecule has 1 heterocycles. The summed E-state index contributed by atoms with van der Waals surface area (Å²) in [7, 11) is -2.35. The summed E-state index contributed by atoms with van der Waals surface area (Å²) in [5, 5.41) is 5.84. The average molecular weight is 411 g/mol. The third kappa shape index (κ3) is 5.53. The van der Waals surface area contributed by atoms with E-state index in [1.165, 1.54) is 44.3 Å². The Morgan fingerprint density at radius 2 is 1.78 bits per heavy atom. The van der Waals surface area contributed by atoms with Gasteiger partial charge in [0.15, 0.2) is 6.10 Å². The van der Waals surface area contributed by atoms with Crippen molar-refractivity contribution >= 4 is 45.0 Å². The molecule has 27 heavy (non-hydrogen) atoms. The number of hydrogen-bond acceptors (Lipinski definition) is 7. The van der Waals surface area contributed by atoms with Crippen molar-refractivity contribution in [3.63, 3.8) is 0 Å². The lowest BCUT2D eigenvalue weighted by Gasteiger charge is -2.13. The van der Waals surface area contributed by atoms with Crippen LogP contribution >= 0.6 is 11.3 Å². The highest BCUT2D eigenvalue weighted by atomic mass is 32.2. The van der Waals surface area contributed by atoms with Crippen LogP contribution in [0.15, 0.2) is 46.0 Å². The van der Waals surface area contributed by atoms with Gasteiger partial charge in [0.2, 0.25) is 0 Å². The molecule has 0 spiro atoms. The molecule has 9 nitrogen and oxygen atoms in total. The fraction of sp³-hybridized carbons (Fsp3) is 0.188. The zero-order chi connectivity index (χ0) is 20.0. The van der Waals surface area contributed by atoms with Crippen molar-refractivity contribution in [1.82, 2.24) is 10.6 Å². The summed E-state index contributed by atoms with van der Waals surface area (Å²) in [5.74, 6) is -1.56. The first kappa shape index (κ1) is 20.4. The number of imide groups is 1. The molecule has 1 unspecified atom stereocenters. The lowest BCUT2D eigenvalue weighted by atomic mass is 10.2. The molecule has 3 amide bonds. The van der Waals surface area contributed by atoms with Gasteiger partial charge in [-0.05, 0) is 42.6 Å². The Hall–Kier alpha value is -2.92.